The van der Waals surface area contributed by atoms with Crippen molar-refractivity contribution >= 4 is 21.8 Å². The number of hydrogen-bond acceptors (Lipinski definition) is 4. The molecule has 1 fully saturated rings. The second kappa shape index (κ2) is 5.12. The van der Waals surface area contributed by atoms with E-state index >= 15 is 0 Å². The molecule has 1 aliphatic heterocycles. The molecule has 0 bridgehead atoms. The average molecular weight is 301 g/mol. The predicted molar refractivity (Wildman–Crippen MR) is 64.7 cm³/mol. The van der Waals surface area contributed by atoms with Crippen molar-refractivity contribution in [1.29, 1.82) is 0 Å². The lowest BCUT2D eigenvalue weighted by molar-refractivity contribution is 0.0264. The minimum Gasteiger partial charge on any atom is -0.386 e. The molecule has 0 aromatic carbocycles. The summed E-state index contributed by atoms with van der Waals surface area (Å²) in [6.07, 6.45) is 2.10. The van der Waals surface area contributed by atoms with Gasteiger partial charge in [-0.1, -0.05) is 0 Å². The highest BCUT2D eigenvalue weighted by Gasteiger charge is 2.32. The van der Waals surface area contributed by atoms with Gasteiger partial charge in [0.1, 0.15) is 11.3 Å². The van der Waals surface area contributed by atoms with Crippen LogP contribution >= 0.6 is 15.9 Å². The third kappa shape index (κ3) is 3.24. The first kappa shape index (κ1) is 12.5. The quantitative estimate of drug-likeness (QED) is 0.863. The molecule has 2 N–H and O–H groups in total. The van der Waals surface area contributed by atoms with Crippen LogP contribution in [0.1, 0.15) is 16.9 Å². The lowest BCUT2D eigenvalue weighted by Gasteiger charge is -2.20. The van der Waals surface area contributed by atoms with Crippen molar-refractivity contribution in [2.75, 3.05) is 19.8 Å². The molecule has 1 aliphatic rings. The van der Waals surface area contributed by atoms with Gasteiger partial charge in [0, 0.05) is 30.2 Å². The standard InChI is InChI=1S/C11H13BrN2O3/c12-8-1-2-9(13-5-8)10(15)14-6-11(16)3-4-17-7-11/h1-2,5,16H,3-4,6-7H2,(H,14,15)/t11-/m0/s1. The van der Waals surface area contributed by atoms with Gasteiger partial charge < -0.3 is 15.2 Å². The second-order valence-corrected chi connectivity index (χ2v) is 4.99. The van der Waals surface area contributed by atoms with Crippen molar-refractivity contribution in [2.45, 2.75) is 12.0 Å². The van der Waals surface area contributed by atoms with Crippen molar-refractivity contribution in [3.8, 4) is 0 Å². The molecular formula is C11H13BrN2O3. The third-order valence-corrected chi connectivity index (χ3v) is 3.09. The summed E-state index contributed by atoms with van der Waals surface area (Å²) in [7, 11) is 0. The maximum absolute atomic E-state index is 11.7. The first-order chi connectivity index (χ1) is 8.09. The molecule has 1 amide bonds. The molecule has 1 aromatic heterocycles. The van der Waals surface area contributed by atoms with Crippen LogP contribution in [-0.4, -0.2) is 41.4 Å². The van der Waals surface area contributed by atoms with Crippen molar-refractivity contribution in [3.05, 3.63) is 28.5 Å². The summed E-state index contributed by atoms with van der Waals surface area (Å²) in [5.41, 5.74) is -0.610. The van der Waals surface area contributed by atoms with Crippen LogP contribution in [0.3, 0.4) is 0 Å². The minimum atomic E-state index is -0.939. The highest BCUT2D eigenvalue weighted by Crippen LogP contribution is 2.17. The van der Waals surface area contributed by atoms with E-state index in [1.54, 1.807) is 18.3 Å². The number of rotatable bonds is 3. The van der Waals surface area contributed by atoms with E-state index in [1.807, 2.05) is 0 Å². The Kier molecular flexibility index (Phi) is 3.76. The molecule has 1 aromatic rings. The van der Waals surface area contributed by atoms with Gasteiger partial charge in [-0.2, -0.15) is 0 Å². The van der Waals surface area contributed by atoms with Crippen molar-refractivity contribution in [3.63, 3.8) is 0 Å². The summed E-state index contributed by atoms with van der Waals surface area (Å²) < 4.78 is 5.91. The smallest absolute Gasteiger partial charge is 0.269 e. The van der Waals surface area contributed by atoms with Gasteiger partial charge in [0.05, 0.1) is 6.61 Å². The van der Waals surface area contributed by atoms with E-state index in [9.17, 15) is 9.90 Å². The van der Waals surface area contributed by atoms with E-state index in [4.69, 9.17) is 4.74 Å². The Balaban J connectivity index is 1.91. The van der Waals surface area contributed by atoms with Crippen molar-refractivity contribution in [1.82, 2.24) is 10.3 Å². The second-order valence-electron chi connectivity index (χ2n) is 4.07. The molecule has 2 heterocycles. The van der Waals surface area contributed by atoms with Gasteiger partial charge in [-0.25, -0.2) is 4.98 Å². The Morgan fingerprint density at radius 1 is 1.65 bits per heavy atom. The first-order valence-corrected chi connectivity index (χ1v) is 6.08. The molecule has 92 valence electrons. The van der Waals surface area contributed by atoms with Crippen LogP contribution in [0.15, 0.2) is 22.8 Å². The molecule has 0 aliphatic carbocycles. The average Bonchev–Trinajstić information content (AvgIpc) is 2.75. The highest BCUT2D eigenvalue weighted by molar-refractivity contribution is 9.10. The van der Waals surface area contributed by atoms with Crippen LogP contribution in [0.4, 0.5) is 0 Å². The number of carbonyl (C=O) groups is 1. The summed E-state index contributed by atoms with van der Waals surface area (Å²) in [6.45, 7) is 0.980. The zero-order chi connectivity index (χ0) is 12.3. The number of hydrogen-bond donors (Lipinski definition) is 2. The molecule has 2 rings (SSSR count). The number of pyridine rings is 1. The van der Waals surface area contributed by atoms with Crippen molar-refractivity contribution in [2.24, 2.45) is 0 Å². The maximum atomic E-state index is 11.7. The summed E-state index contributed by atoms with van der Waals surface area (Å²) >= 11 is 3.25. The van der Waals surface area contributed by atoms with Gasteiger partial charge in [0.15, 0.2) is 0 Å². The summed E-state index contributed by atoms with van der Waals surface area (Å²) in [5, 5.41) is 12.6. The summed E-state index contributed by atoms with van der Waals surface area (Å²) in [4.78, 5) is 15.7. The maximum Gasteiger partial charge on any atom is 0.269 e. The molecule has 6 heteroatoms. The van der Waals surface area contributed by atoms with E-state index in [-0.39, 0.29) is 19.1 Å². The fourth-order valence-electron chi connectivity index (χ4n) is 1.58. The van der Waals surface area contributed by atoms with E-state index in [0.29, 0.717) is 18.7 Å². The normalized spacial score (nSPS) is 23.6. The molecule has 0 saturated carbocycles. The van der Waals surface area contributed by atoms with Gasteiger partial charge in [-0.15, -0.1) is 0 Å². The Hall–Kier alpha value is -0.980. The first-order valence-electron chi connectivity index (χ1n) is 5.29. The van der Waals surface area contributed by atoms with Crippen LogP contribution in [-0.2, 0) is 4.74 Å². The number of amides is 1. The molecule has 0 unspecified atom stereocenters. The summed E-state index contributed by atoms with van der Waals surface area (Å²) in [5.74, 6) is -0.294. The Morgan fingerprint density at radius 3 is 3.06 bits per heavy atom. The number of halogens is 1. The Bertz CT molecular complexity index is 402. The van der Waals surface area contributed by atoms with Gasteiger partial charge >= 0.3 is 0 Å². The minimum absolute atomic E-state index is 0.184. The van der Waals surface area contributed by atoms with E-state index in [2.05, 4.69) is 26.2 Å². The number of nitrogens with zero attached hydrogens (tertiary/aromatic N) is 1. The van der Waals surface area contributed by atoms with E-state index in [0.717, 1.165) is 4.47 Å². The molecule has 0 radical (unpaired) electrons. The summed E-state index contributed by atoms with van der Waals surface area (Å²) in [6, 6.07) is 3.36. The molecule has 0 spiro atoms. The largest absolute Gasteiger partial charge is 0.386 e. The SMILES string of the molecule is O=C(NC[C@@]1(O)CCOC1)c1ccc(Br)cn1. The van der Waals surface area contributed by atoms with Crippen LogP contribution in [0, 0.1) is 0 Å². The zero-order valence-electron chi connectivity index (χ0n) is 9.15. The van der Waals surface area contributed by atoms with Gasteiger partial charge in [-0.05, 0) is 28.1 Å². The highest BCUT2D eigenvalue weighted by atomic mass is 79.9. The fraction of sp³-hybridized carbons (Fsp3) is 0.455. The lowest BCUT2D eigenvalue weighted by Crippen LogP contribution is -2.43. The van der Waals surface area contributed by atoms with E-state index in [1.165, 1.54) is 0 Å². The van der Waals surface area contributed by atoms with Crippen LogP contribution in [0.2, 0.25) is 0 Å². The van der Waals surface area contributed by atoms with Crippen LogP contribution < -0.4 is 5.32 Å². The topological polar surface area (TPSA) is 71.5 Å². The monoisotopic (exact) mass is 300 g/mol. The molecular weight excluding hydrogens is 288 g/mol. The Labute approximate surface area is 107 Å². The zero-order valence-corrected chi connectivity index (χ0v) is 10.7. The number of nitrogens with one attached hydrogen (secondary N) is 1. The number of carbonyl (C=O) groups excluding carboxylic acids is 1. The van der Waals surface area contributed by atoms with Crippen molar-refractivity contribution < 1.29 is 14.6 Å². The number of aliphatic hydroxyl groups is 1. The predicted octanol–water partition coefficient (Wildman–Crippen LogP) is 0.725. The fourth-order valence-corrected chi connectivity index (χ4v) is 1.82. The van der Waals surface area contributed by atoms with Gasteiger partial charge in [0.25, 0.3) is 5.91 Å². The molecule has 1 atom stereocenters. The van der Waals surface area contributed by atoms with E-state index < -0.39 is 5.60 Å². The van der Waals surface area contributed by atoms with Crippen LogP contribution in [0.5, 0.6) is 0 Å². The molecule has 1 saturated heterocycles. The number of ether oxygens (including phenoxy) is 1. The molecule has 5 nitrogen and oxygen atoms in total. The third-order valence-electron chi connectivity index (χ3n) is 2.62. The van der Waals surface area contributed by atoms with Gasteiger partial charge in [0.2, 0.25) is 0 Å². The molecule has 17 heavy (non-hydrogen) atoms. The van der Waals surface area contributed by atoms with Crippen LogP contribution in [0.25, 0.3) is 0 Å². The lowest BCUT2D eigenvalue weighted by atomic mass is 10.0. The number of aromatic nitrogens is 1. The van der Waals surface area contributed by atoms with Gasteiger partial charge in [-0.3, -0.25) is 4.79 Å². The Morgan fingerprint density at radius 2 is 2.47 bits per heavy atom.